The third-order valence-electron chi connectivity index (χ3n) is 2.60. The average Bonchev–Trinajstić information content (AvgIpc) is 2.46. The van der Waals surface area contributed by atoms with Gasteiger partial charge in [0.25, 0.3) is 0 Å². The van der Waals surface area contributed by atoms with Crippen molar-refractivity contribution in [3.63, 3.8) is 0 Å². The molecule has 0 fully saturated rings. The molecule has 0 saturated heterocycles. The highest BCUT2D eigenvalue weighted by atomic mass is 35.5. The number of hydrogen-bond acceptors (Lipinski definition) is 4. The zero-order valence-electron chi connectivity index (χ0n) is 10.7. The molecule has 4 nitrogen and oxygen atoms in total. The lowest BCUT2D eigenvalue weighted by atomic mass is 10.2. The molecule has 0 aromatic heterocycles. The van der Waals surface area contributed by atoms with Crippen molar-refractivity contribution in [1.82, 2.24) is 0 Å². The molecule has 2 aromatic carbocycles. The van der Waals surface area contributed by atoms with E-state index in [4.69, 9.17) is 27.3 Å². The van der Waals surface area contributed by atoms with E-state index in [0.717, 1.165) is 9.79 Å². The van der Waals surface area contributed by atoms with Gasteiger partial charge >= 0.3 is 0 Å². The molecule has 0 bridgehead atoms. The van der Waals surface area contributed by atoms with E-state index in [1.807, 2.05) is 30.3 Å². The number of hydrogen-bond donors (Lipinski definition) is 2. The summed E-state index contributed by atoms with van der Waals surface area (Å²) in [5, 5.41) is 12.6. The van der Waals surface area contributed by atoms with Crippen LogP contribution in [-0.4, -0.2) is 18.2 Å². The van der Waals surface area contributed by atoms with Gasteiger partial charge in [0.1, 0.15) is 5.75 Å². The molecule has 0 unspecified atom stereocenters. The maximum absolute atomic E-state index is 8.85. The first-order chi connectivity index (χ1) is 9.63. The molecule has 2 rings (SSSR count). The summed E-state index contributed by atoms with van der Waals surface area (Å²) in [6, 6.07) is 12.8. The van der Waals surface area contributed by atoms with Crippen LogP contribution in [0.4, 0.5) is 0 Å². The molecule has 0 heterocycles. The molecular formula is C14H13ClN2O2S. The maximum Gasteiger partial charge on any atom is 0.171 e. The number of halogens is 1. The number of methoxy groups -OCH3 is 1. The van der Waals surface area contributed by atoms with Crippen LogP contribution in [-0.2, 0) is 0 Å². The van der Waals surface area contributed by atoms with Gasteiger partial charge in [0.05, 0.1) is 7.11 Å². The Morgan fingerprint density at radius 1 is 1.30 bits per heavy atom. The Kier molecular flexibility index (Phi) is 4.76. The molecule has 0 aliphatic rings. The first kappa shape index (κ1) is 14.6. The molecule has 0 spiro atoms. The monoisotopic (exact) mass is 308 g/mol. The fourth-order valence-electron chi connectivity index (χ4n) is 1.64. The third-order valence-corrected chi connectivity index (χ3v) is 3.88. The van der Waals surface area contributed by atoms with Gasteiger partial charge in [-0.3, -0.25) is 0 Å². The first-order valence-corrected chi connectivity index (χ1v) is 6.93. The minimum Gasteiger partial charge on any atom is -0.497 e. The van der Waals surface area contributed by atoms with Gasteiger partial charge < -0.3 is 15.7 Å². The molecule has 2 aromatic rings. The summed E-state index contributed by atoms with van der Waals surface area (Å²) in [4.78, 5) is 1.78. The van der Waals surface area contributed by atoms with Gasteiger partial charge in [-0.25, -0.2) is 0 Å². The molecule has 6 heteroatoms. The number of oxime groups is 1. The number of nitrogens with zero attached hydrogens (tertiary/aromatic N) is 1. The van der Waals surface area contributed by atoms with Gasteiger partial charge in [-0.2, -0.15) is 0 Å². The lowest BCUT2D eigenvalue weighted by Gasteiger charge is -2.10. The van der Waals surface area contributed by atoms with Gasteiger partial charge in [0.15, 0.2) is 5.84 Å². The number of benzene rings is 2. The summed E-state index contributed by atoms with van der Waals surface area (Å²) in [5.74, 6) is 0.751. The summed E-state index contributed by atoms with van der Waals surface area (Å²) >= 11 is 7.44. The van der Waals surface area contributed by atoms with Crippen molar-refractivity contribution in [3.05, 3.63) is 53.1 Å². The molecular weight excluding hydrogens is 296 g/mol. The fourth-order valence-corrected chi connectivity index (χ4v) is 2.94. The minimum atomic E-state index is 0.0529. The van der Waals surface area contributed by atoms with E-state index >= 15 is 0 Å². The lowest BCUT2D eigenvalue weighted by Crippen LogP contribution is -2.14. The SMILES string of the molecule is COc1ccc(/C(N)=N/O)c(Sc2cccc(Cl)c2)c1. The minimum absolute atomic E-state index is 0.0529. The molecule has 0 amide bonds. The number of nitrogens with two attached hydrogens (primary N) is 1. The Balaban J connectivity index is 2.42. The van der Waals surface area contributed by atoms with Crippen molar-refractivity contribution in [2.75, 3.05) is 7.11 Å². The Morgan fingerprint density at radius 3 is 2.75 bits per heavy atom. The van der Waals surface area contributed by atoms with E-state index in [9.17, 15) is 0 Å². The van der Waals surface area contributed by atoms with Crippen molar-refractivity contribution >= 4 is 29.2 Å². The standard InChI is InChI=1S/C14H13ClN2O2S/c1-19-10-5-6-12(14(16)17-18)13(8-10)20-11-4-2-3-9(15)7-11/h2-8,18H,1H3,(H2,16,17). The van der Waals surface area contributed by atoms with Crippen LogP contribution in [0.3, 0.4) is 0 Å². The molecule has 0 aliphatic heterocycles. The summed E-state index contributed by atoms with van der Waals surface area (Å²) in [6.07, 6.45) is 0. The zero-order valence-corrected chi connectivity index (χ0v) is 12.3. The molecule has 0 saturated carbocycles. The fraction of sp³-hybridized carbons (Fsp3) is 0.0714. The van der Waals surface area contributed by atoms with Gasteiger partial charge in [-0.05, 0) is 36.4 Å². The molecule has 0 atom stereocenters. The second kappa shape index (κ2) is 6.54. The average molecular weight is 309 g/mol. The van der Waals surface area contributed by atoms with Gasteiger partial charge in [-0.15, -0.1) is 0 Å². The lowest BCUT2D eigenvalue weighted by molar-refractivity contribution is 0.318. The third kappa shape index (κ3) is 3.37. The molecule has 104 valence electrons. The smallest absolute Gasteiger partial charge is 0.171 e. The topological polar surface area (TPSA) is 67.8 Å². The van der Waals surface area contributed by atoms with E-state index in [0.29, 0.717) is 16.3 Å². The van der Waals surface area contributed by atoms with Crippen LogP contribution in [0, 0.1) is 0 Å². The van der Waals surface area contributed by atoms with Gasteiger partial charge in [0.2, 0.25) is 0 Å². The molecule has 3 N–H and O–H groups in total. The van der Waals surface area contributed by atoms with Crippen molar-refractivity contribution in [2.45, 2.75) is 9.79 Å². The number of ether oxygens (including phenoxy) is 1. The second-order valence-electron chi connectivity index (χ2n) is 3.91. The van der Waals surface area contributed by atoms with Crippen molar-refractivity contribution < 1.29 is 9.94 Å². The van der Waals surface area contributed by atoms with Gasteiger partial charge in [0, 0.05) is 20.4 Å². The van der Waals surface area contributed by atoms with Crippen LogP contribution in [0.1, 0.15) is 5.56 Å². The maximum atomic E-state index is 8.85. The molecule has 20 heavy (non-hydrogen) atoms. The molecule has 0 radical (unpaired) electrons. The summed E-state index contributed by atoms with van der Waals surface area (Å²) in [7, 11) is 1.59. The van der Waals surface area contributed by atoms with E-state index in [-0.39, 0.29) is 5.84 Å². The van der Waals surface area contributed by atoms with E-state index in [1.54, 1.807) is 19.2 Å². The predicted octanol–water partition coefficient (Wildman–Crippen LogP) is 3.59. The number of rotatable bonds is 4. The first-order valence-electron chi connectivity index (χ1n) is 5.73. The highest BCUT2D eigenvalue weighted by molar-refractivity contribution is 7.99. The molecule has 0 aliphatic carbocycles. The van der Waals surface area contributed by atoms with Crippen LogP contribution in [0.25, 0.3) is 0 Å². The van der Waals surface area contributed by atoms with Crippen molar-refractivity contribution in [1.29, 1.82) is 0 Å². The van der Waals surface area contributed by atoms with Crippen molar-refractivity contribution in [2.24, 2.45) is 10.9 Å². The van der Waals surface area contributed by atoms with E-state index < -0.39 is 0 Å². The van der Waals surface area contributed by atoms with Crippen LogP contribution in [0.15, 0.2) is 57.4 Å². The van der Waals surface area contributed by atoms with E-state index in [2.05, 4.69) is 5.16 Å². The normalized spacial score (nSPS) is 11.4. The van der Waals surface area contributed by atoms with Crippen LogP contribution in [0.2, 0.25) is 5.02 Å². The largest absolute Gasteiger partial charge is 0.497 e. The van der Waals surface area contributed by atoms with Gasteiger partial charge in [-0.1, -0.05) is 34.6 Å². The summed E-state index contributed by atoms with van der Waals surface area (Å²) < 4.78 is 5.20. The summed E-state index contributed by atoms with van der Waals surface area (Å²) in [5.41, 5.74) is 6.33. The zero-order chi connectivity index (χ0) is 14.5. The second-order valence-corrected chi connectivity index (χ2v) is 5.46. The van der Waals surface area contributed by atoms with Crippen LogP contribution < -0.4 is 10.5 Å². The quantitative estimate of drug-likeness (QED) is 0.392. The summed E-state index contributed by atoms with van der Waals surface area (Å²) in [6.45, 7) is 0. The highest BCUT2D eigenvalue weighted by Crippen LogP contribution is 2.34. The van der Waals surface area contributed by atoms with Crippen molar-refractivity contribution in [3.8, 4) is 5.75 Å². The predicted molar refractivity (Wildman–Crippen MR) is 81.1 cm³/mol. The highest BCUT2D eigenvalue weighted by Gasteiger charge is 2.10. The van der Waals surface area contributed by atoms with Crippen LogP contribution >= 0.6 is 23.4 Å². The Hall–Kier alpha value is -1.85. The Bertz CT molecular complexity index is 647. The number of amidine groups is 1. The van der Waals surface area contributed by atoms with E-state index in [1.165, 1.54) is 11.8 Å². The van der Waals surface area contributed by atoms with Crippen LogP contribution in [0.5, 0.6) is 5.75 Å². The Morgan fingerprint density at radius 2 is 2.10 bits per heavy atom. The Labute approximate surface area is 126 Å².